The van der Waals surface area contributed by atoms with Gasteiger partial charge >= 0.3 is 12.1 Å². The molecule has 0 atom stereocenters. The Bertz CT molecular complexity index is 829. The molecule has 9 heteroatoms. The maximum Gasteiger partial charge on any atom is 0.413 e. The standard InChI is InChI=1S/C15H15N3O6/c1-2-23-15(22)16-12(19)8-24-13(20)7-11-9-5-3-4-6-10(9)14(21)18-17-11/h3-6H,2,7-8H2,1H3,(H,18,21)(H,16,19,22). The molecule has 2 N–H and O–H groups in total. The first-order valence-electron chi connectivity index (χ1n) is 7.09. The van der Waals surface area contributed by atoms with Crippen molar-refractivity contribution in [3.8, 4) is 0 Å². The minimum Gasteiger partial charge on any atom is -0.455 e. The number of rotatable bonds is 5. The summed E-state index contributed by atoms with van der Waals surface area (Å²) < 4.78 is 9.29. The number of esters is 1. The molecule has 1 heterocycles. The van der Waals surface area contributed by atoms with Gasteiger partial charge in [-0.3, -0.25) is 19.7 Å². The van der Waals surface area contributed by atoms with Gasteiger partial charge in [0.2, 0.25) is 0 Å². The van der Waals surface area contributed by atoms with Crippen molar-refractivity contribution in [1.82, 2.24) is 15.5 Å². The number of ether oxygens (including phenoxy) is 2. The minimum absolute atomic E-state index is 0.115. The largest absolute Gasteiger partial charge is 0.455 e. The van der Waals surface area contributed by atoms with Crippen LogP contribution in [0.1, 0.15) is 12.6 Å². The molecule has 0 unspecified atom stereocenters. The third-order valence-corrected chi connectivity index (χ3v) is 2.97. The molecular weight excluding hydrogens is 318 g/mol. The zero-order valence-electron chi connectivity index (χ0n) is 12.8. The van der Waals surface area contributed by atoms with E-state index < -0.39 is 24.6 Å². The highest BCUT2D eigenvalue weighted by Gasteiger charge is 2.14. The normalized spacial score (nSPS) is 10.2. The molecule has 2 rings (SSSR count). The molecule has 0 aliphatic heterocycles. The molecule has 0 aliphatic rings. The first-order valence-corrected chi connectivity index (χ1v) is 7.09. The van der Waals surface area contributed by atoms with E-state index in [0.29, 0.717) is 16.5 Å². The molecule has 24 heavy (non-hydrogen) atoms. The quantitative estimate of drug-likeness (QED) is 0.752. The lowest BCUT2D eigenvalue weighted by Gasteiger charge is -2.06. The van der Waals surface area contributed by atoms with Gasteiger partial charge < -0.3 is 9.47 Å². The summed E-state index contributed by atoms with van der Waals surface area (Å²) in [6.45, 7) is 1.08. The predicted octanol–water partition coefficient (Wildman–Crippen LogP) is 0.282. The fourth-order valence-corrected chi connectivity index (χ4v) is 1.96. The number of nitrogens with zero attached hydrogens (tertiary/aromatic N) is 1. The van der Waals surface area contributed by atoms with Gasteiger partial charge in [-0.15, -0.1) is 0 Å². The number of aromatic amines is 1. The summed E-state index contributed by atoms with van der Waals surface area (Å²) in [5, 5.41) is 8.95. The second kappa shape index (κ2) is 7.86. The summed E-state index contributed by atoms with van der Waals surface area (Å²) in [5.74, 6) is -1.53. The van der Waals surface area contributed by atoms with Gasteiger partial charge in [-0.2, -0.15) is 5.10 Å². The van der Waals surface area contributed by atoms with Gasteiger partial charge in [-0.25, -0.2) is 9.89 Å². The van der Waals surface area contributed by atoms with Crippen LogP contribution < -0.4 is 10.9 Å². The molecule has 9 nitrogen and oxygen atoms in total. The number of alkyl carbamates (subject to hydrolysis) is 1. The van der Waals surface area contributed by atoms with E-state index in [-0.39, 0.29) is 18.6 Å². The van der Waals surface area contributed by atoms with Crippen molar-refractivity contribution in [1.29, 1.82) is 0 Å². The molecule has 0 aliphatic carbocycles. The molecule has 0 bridgehead atoms. The van der Waals surface area contributed by atoms with Gasteiger partial charge in [0.05, 0.1) is 24.1 Å². The van der Waals surface area contributed by atoms with Crippen LogP contribution in [0.3, 0.4) is 0 Å². The van der Waals surface area contributed by atoms with E-state index in [9.17, 15) is 19.2 Å². The number of imide groups is 1. The van der Waals surface area contributed by atoms with Crippen molar-refractivity contribution in [2.45, 2.75) is 13.3 Å². The number of amides is 2. The van der Waals surface area contributed by atoms with E-state index in [1.54, 1.807) is 31.2 Å². The van der Waals surface area contributed by atoms with Crippen LogP contribution in [0.25, 0.3) is 10.8 Å². The van der Waals surface area contributed by atoms with Crippen molar-refractivity contribution in [3.63, 3.8) is 0 Å². The number of hydrogen-bond donors (Lipinski definition) is 2. The van der Waals surface area contributed by atoms with Crippen molar-refractivity contribution in [2.24, 2.45) is 0 Å². The number of hydrogen-bond acceptors (Lipinski definition) is 7. The summed E-state index contributed by atoms with van der Waals surface area (Å²) >= 11 is 0. The number of fused-ring (bicyclic) bond motifs is 1. The van der Waals surface area contributed by atoms with Crippen LogP contribution >= 0.6 is 0 Å². The fraction of sp³-hybridized carbons (Fsp3) is 0.267. The third-order valence-electron chi connectivity index (χ3n) is 2.97. The third kappa shape index (κ3) is 4.38. The van der Waals surface area contributed by atoms with Crippen LogP contribution in [0.5, 0.6) is 0 Å². The maximum absolute atomic E-state index is 11.8. The molecule has 1 aromatic heterocycles. The van der Waals surface area contributed by atoms with E-state index in [2.05, 4.69) is 14.9 Å². The van der Waals surface area contributed by atoms with Crippen LogP contribution in [-0.4, -0.2) is 41.4 Å². The van der Waals surface area contributed by atoms with Crippen molar-refractivity contribution in [3.05, 3.63) is 40.3 Å². The van der Waals surface area contributed by atoms with Crippen molar-refractivity contribution >= 4 is 28.7 Å². The molecule has 2 amide bonds. The number of benzene rings is 1. The Morgan fingerprint density at radius 1 is 1.17 bits per heavy atom. The smallest absolute Gasteiger partial charge is 0.413 e. The Morgan fingerprint density at radius 2 is 1.88 bits per heavy atom. The van der Waals surface area contributed by atoms with E-state index in [1.807, 2.05) is 5.32 Å². The van der Waals surface area contributed by atoms with E-state index in [1.165, 1.54) is 0 Å². The molecule has 0 saturated heterocycles. The van der Waals surface area contributed by atoms with Gasteiger partial charge in [0, 0.05) is 5.39 Å². The zero-order chi connectivity index (χ0) is 17.5. The molecule has 2 aromatic rings. The highest BCUT2D eigenvalue weighted by molar-refractivity contribution is 5.93. The second-order valence-corrected chi connectivity index (χ2v) is 4.65. The Labute approximate surface area is 135 Å². The molecule has 0 radical (unpaired) electrons. The van der Waals surface area contributed by atoms with Gasteiger partial charge in [-0.1, -0.05) is 18.2 Å². The van der Waals surface area contributed by atoms with Gasteiger partial charge in [-0.05, 0) is 13.0 Å². The molecule has 0 saturated carbocycles. The Kier molecular flexibility index (Phi) is 5.61. The highest BCUT2D eigenvalue weighted by atomic mass is 16.6. The first-order chi connectivity index (χ1) is 11.5. The lowest BCUT2D eigenvalue weighted by atomic mass is 10.1. The predicted molar refractivity (Wildman–Crippen MR) is 82.2 cm³/mol. The molecule has 0 fully saturated rings. The number of aromatic nitrogens is 2. The van der Waals surface area contributed by atoms with E-state index in [4.69, 9.17) is 4.74 Å². The first kappa shape index (κ1) is 17.1. The lowest BCUT2D eigenvalue weighted by Crippen LogP contribution is -2.34. The average Bonchev–Trinajstić information content (AvgIpc) is 2.56. The monoisotopic (exact) mass is 333 g/mol. The summed E-state index contributed by atoms with van der Waals surface area (Å²) in [5.41, 5.74) is -0.0440. The zero-order valence-corrected chi connectivity index (χ0v) is 12.8. The SMILES string of the molecule is CCOC(=O)NC(=O)COC(=O)Cc1n[nH]c(=O)c2ccccc12. The Morgan fingerprint density at radius 3 is 2.58 bits per heavy atom. The minimum atomic E-state index is -0.910. The van der Waals surface area contributed by atoms with Gasteiger partial charge in [0.25, 0.3) is 11.5 Å². The van der Waals surface area contributed by atoms with Crippen LogP contribution in [0, 0.1) is 0 Å². The summed E-state index contributed by atoms with van der Waals surface area (Å²) in [6, 6.07) is 6.68. The number of H-pyrrole nitrogens is 1. The maximum atomic E-state index is 11.8. The number of carbonyl (C=O) groups excluding carboxylic acids is 3. The van der Waals surface area contributed by atoms with Crippen LogP contribution in [-0.2, 0) is 25.5 Å². The van der Waals surface area contributed by atoms with E-state index >= 15 is 0 Å². The average molecular weight is 333 g/mol. The molecular formula is C15H15N3O6. The molecule has 0 spiro atoms. The second-order valence-electron chi connectivity index (χ2n) is 4.65. The Hall–Kier alpha value is -3.23. The molecule has 1 aromatic carbocycles. The van der Waals surface area contributed by atoms with Gasteiger partial charge in [0.1, 0.15) is 0 Å². The van der Waals surface area contributed by atoms with Crippen molar-refractivity contribution in [2.75, 3.05) is 13.2 Å². The summed E-state index contributed by atoms with van der Waals surface area (Å²) in [4.78, 5) is 45.9. The van der Waals surface area contributed by atoms with Gasteiger partial charge in [0.15, 0.2) is 6.61 Å². The van der Waals surface area contributed by atoms with Crippen LogP contribution in [0.15, 0.2) is 29.1 Å². The number of carbonyl (C=O) groups is 3. The summed E-state index contributed by atoms with van der Waals surface area (Å²) in [6.07, 6.45) is -1.14. The highest BCUT2D eigenvalue weighted by Crippen LogP contribution is 2.13. The van der Waals surface area contributed by atoms with E-state index in [0.717, 1.165) is 0 Å². The fourth-order valence-electron chi connectivity index (χ4n) is 1.96. The number of nitrogens with one attached hydrogen (secondary N) is 2. The molecule has 126 valence electrons. The van der Waals surface area contributed by atoms with Crippen LogP contribution in [0.2, 0.25) is 0 Å². The topological polar surface area (TPSA) is 127 Å². The van der Waals surface area contributed by atoms with Crippen LogP contribution in [0.4, 0.5) is 4.79 Å². The summed E-state index contributed by atoms with van der Waals surface area (Å²) in [7, 11) is 0. The Balaban J connectivity index is 1.96. The lowest BCUT2D eigenvalue weighted by molar-refractivity contribution is -0.147. The van der Waals surface area contributed by atoms with Crippen molar-refractivity contribution < 1.29 is 23.9 Å².